The van der Waals surface area contributed by atoms with E-state index in [1.165, 1.54) is 5.56 Å². The largest absolute Gasteiger partial charge is 0.350 e. The summed E-state index contributed by atoms with van der Waals surface area (Å²) in [6, 6.07) is 8.33. The van der Waals surface area contributed by atoms with Crippen molar-refractivity contribution in [2.75, 3.05) is 5.32 Å². The van der Waals surface area contributed by atoms with Crippen molar-refractivity contribution in [2.24, 2.45) is 0 Å². The molecule has 0 aliphatic carbocycles. The summed E-state index contributed by atoms with van der Waals surface area (Å²) in [5.41, 5.74) is 2.45. The number of benzene rings is 1. The molecule has 0 amide bonds. The third kappa shape index (κ3) is 3.55. The van der Waals surface area contributed by atoms with Crippen molar-refractivity contribution in [3.05, 3.63) is 46.0 Å². The highest BCUT2D eigenvalue weighted by Crippen LogP contribution is 2.11. The first kappa shape index (κ1) is 13.1. The zero-order chi connectivity index (χ0) is 13.0. The van der Waals surface area contributed by atoms with Gasteiger partial charge in [0.1, 0.15) is 0 Å². The van der Waals surface area contributed by atoms with Crippen LogP contribution < -0.4 is 5.32 Å². The van der Waals surface area contributed by atoms with Crippen molar-refractivity contribution in [1.29, 1.82) is 0 Å². The summed E-state index contributed by atoms with van der Waals surface area (Å²) < 4.78 is 0. The van der Waals surface area contributed by atoms with Gasteiger partial charge in [-0.15, -0.1) is 0 Å². The van der Waals surface area contributed by atoms with Crippen LogP contribution >= 0.6 is 23.2 Å². The topological polar surface area (TPSA) is 50.7 Å². The third-order valence-electron chi connectivity index (χ3n) is 2.46. The van der Waals surface area contributed by atoms with Crippen LogP contribution in [0.2, 0.25) is 10.6 Å². The van der Waals surface area contributed by atoms with Crippen LogP contribution in [-0.2, 0) is 13.0 Å². The van der Waals surface area contributed by atoms with E-state index in [9.17, 15) is 0 Å². The maximum atomic E-state index is 5.68. The molecule has 0 unspecified atom stereocenters. The molecule has 1 aromatic carbocycles. The number of aryl methyl sites for hydroxylation is 1. The molecular weight excluding hydrogens is 271 g/mol. The zero-order valence-electron chi connectivity index (χ0n) is 9.82. The minimum Gasteiger partial charge on any atom is -0.350 e. The summed E-state index contributed by atoms with van der Waals surface area (Å²) >= 11 is 11.4. The predicted octanol–water partition coefficient (Wildman–Crippen LogP) is 3.35. The number of hydrogen-bond acceptors (Lipinski definition) is 4. The van der Waals surface area contributed by atoms with E-state index in [2.05, 4.69) is 51.5 Å². The number of nitrogens with one attached hydrogen (secondary N) is 1. The van der Waals surface area contributed by atoms with Crippen LogP contribution in [-0.4, -0.2) is 15.0 Å². The van der Waals surface area contributed by atoms with Gasteiger partial charge >= 0.3 is 0 Å². The molecule has 18 heavy (non-hydrogen) atoms. The summed E-state index contributed by atoms with van der Waals surface area (Å²) in [6.07, 6.45) is 1.03. The third-order valence-corrected chi connectivity index (χ3v) is 2.80. The summed E-state index contributed by atoms with van der Waals surface area (Å²) in [4.78, 5) is 11.5. The van der Waals surface area contributed by atoms with Gasteiger partial charge in [-0.25, -0.2) is 0 Å². The van der Waals surface area contributed by atoms with Gasteiger partial charge in [0.2, 0.25) is 16.5 Å². The van der Waals surface area contributed by atoms with Crippen molar-refractivity contribution in [2.45, 2.75) is 19.9 Å². The molecule has 6 heteroatoms. The molecule has 0 saturated carbocycles. The van der Waals surface area contributed by atoms with Gasteiger partial charge < -0.3 is 5.32 Å². The number of aromatic nitrogens is 3. The van der Waals surface area contributed by atoms with Gasteiger partial charge in [-0.2, -0.15) is 15.0 Å². The molecule has 4 nitrogen and oxygen atoms in total. The second-order valence-electron chi connectivity index (χ2n) is 3.72. The van der Waals surface area contributed by atoms with Gasteiger partial charge in [0.05, 0.1) is 0 Å². The lowest BCUT2D eigenvalue weighted by molar-refractivity contribution is 1.00. The summed E-state index contributed by atoms with van der Waals surface area (Å²) in [5, 5.41) is 3.21. The van der Waals surface area contributed by atoms with Crippen LogP contribution in [0.4, 0.5) is 5.95 Å². The molecule has 1 aromatic heterocycles. The van der Waals surface area contributed by atoms with Crippen LogP contribution in [0, 0.1) is 0 Å². The van der Waals surface area contributed by atoms with Gasteiger partial charge in [-0.1, -0.05) is 31.2 Å². The van der Waals surface area contributed by atoms with Crippen LogP contribution in [0.1, 0.15) is 18.1 Å². The Hall–Kier alpha value is -1.39. The lowest BCUT2D eigenvalue weighted by Crippen LogP contribution is -2.04. The summed E-state index contributed by atoms with van der Waals surface area (Å²) in [5.74, 6) is 0.375. The van der Waals surface area contributed by atoms with E-state index in [1.807, 2.05) is 0 Å². The monoisotopic (exact) mass is 282 g/mol. The summed E-state index contributed by atoms with van der Waals surface area (Å²) in [7, 11) is 0. The quantitative estimate of drug-likeness (QED) is 0.934. The van der Waals surface area contributed by atoms with Gasteiger partial charge in [-0.3, -0.25) is 0 Å². The van der Waals surface area contributed by atoms with Crippen molar-refractivity contribution in [3.8, 4) is 0 Å². The Morgan fingerprint density at radius 3 is 2.06 bits per heavy atom. The first-order valence-corrected chi connectivity index (χ1v) is 6.31. The summed E-state index contributed by atoms with van der Waals surface area (Å²) in [6.45, 7) is 2.74. The lowest BCUT2D eigenvalue weighted by Gasteiger charge is -2.05. The normalized spacial score (nSPS) is 10.4. The fourth-order valence-corrected chi connectivity index (χ4v) is 1.84. The Labute approximate surface area is 115 Å². The van der Waals surface area contributed by atoms with E-state index >= 15 is 0 Å². The lowest BCUT2D eigenvalue weighted by atomic mass is 10.1. The highest BCUT2D eigenvalue weighted by molar-refractivity contribution is 6.31. The highest BCUT2D eigenvalue weighted by atomic mass is 35.5. The van der Waals surface area contributed by atoms with Crippen molar-refractivity contribution < 1.29 is 0 Å². The average molecular weight is 283 g/mol. The Bertz CT molecular complexity index is 508. The van der Waals surface area contributed by atoms with Crippen molar-refractivity contribution >= 4 is 29.2 Å². The van der Waals surface area contributed by atoms with E-state index in [0.29, 0.717) is 12.5 Å². The molecule has 1 N–H and O–H groups in total. The SMILES string of the molecule is CCc1ccc(CNc2nc(Cl)nc(Cl)n2)cc1. The number of rotatable bonds is 4. The van der Waals surface area contributed by atoms with Gasteiger partial charge in [0.25, 0.3) is 0 Å². The molecule has 0 saturated heterocycles. The molecule has 0 atom stereocenters. The molecule has 94 valence electrons. The minimum absolute atomic E-state index is 0.0823. The van der Waals surface area contributed by atoms with Crippen molar-refractivity contribution in [1.82, 2.24) is 15.0 Å². The van der Waals surface area contributed by atoms with Crippen LogP contribution in [0.15, 0.2) is 24.3 Å². The second-order valence-corrected chi connectivity index (χ2v) is 4.40. The smallest absolute Gasteiger partial charge is 0.228 e. The van der Waals surface area contributed by atoms with E-state index in [-0.39, 0.29) is 10.6 Å². The molecule has 1 heterocycles. The Morgan fingerprint density at radius 1 is 0.944 bits per heavy atom. The van der Waals surface area contributed by atoms with Crippen molar-refractivity contribution in [3.63, 3.8) is 0 Å². The van der Waals surface area contributed by atoms with Gasteiger partial charge in [0, 0.05) is 6.54 Å². The minimum atomic E-state index is 0.0823. The second kappa shape index (κ2) is 5.98. The van der Waals surface area contributed by atoms with E-state index in [1.54, 1.807) is 0 Å². The van der Waals surface area contributed by atoms with Gasteiger partial charge in [0.15, 0.2) is 0 Å². The predicted molar refractivity (Wildman–Crippen MR) is 73.0 cm³/mol. The van der Waals surface area contributed by atoms with Crippen LogP contribution in [0.25, 0.3) is 0 Å². The Morgan fingerprint density at radius 2 is 1.50 bits per heavy atom. The fraction of sp³-hybridized carbons (Fsp3) is 0.250. The molecule has 0 bridgehead atoms. The van der Waals surface area contributed by atoms with E-state index < -0.39 is 0 Å². The fourth-order valence-electron chi connectivity index (χ4n) is 1.48. The van der Waals surface area contributed by atoms with E-state index in [0.717, 1.165) is 12.0 Å². The zero-order valence-corrected chi connectivity index (χ0v) is 11.3. The highest BCUT2D eigenvalue weighted by Gasteiger charge is 2.02. The number of halogens is 2. The number of anilines is 1. The van der Waals surface area contributed by atoms with Crippen LogP contribution in [0.5, 0.6) is 0 Å². The molecule has 2 aromatic rings. The maximum Gasteiger partial charge on any atom is 0.228 e. The average Bonchev–Trinajstić information content (AvgIpc) is 2.36. The van der Waals surface area contributed by atoms with Crippen LogP contribution in [0.3, 0.4) is 0 Å². The standard InChI is InChI=1S/C12H12Cl2N4/c1-2-8-3-5-9(6-4-8)7-15-12-17-10(13)16-11(14)18-12/h3-6H,2,7H2,1H3,(H,15,16,17,18). The number of hydrogen-bond donors (Lipinski definition) is 1. The molecule has 0 spiro atoms. The molecule has 0 aliphatic heterocycles. The van der Waals surface area contributed by atoms with Gasteiger partial charge in [-0.05, 0) is 40.7 Å². The van der Waals surface area contributed by atoms with E-state index in [4.69, 9.17) is 23.2 Å². The Kier molecular flexibility index (Phi) is 4.33. The first-order chi connectivity index (χ1) is 8.67. The number of nitrogens with zero attached hydrogens (tertiary/aromatic N) is 3. The molecule has 2 rings (SSSR count). The molecular formula is C12H12Cl2N4. The first-order valence-electron chi connectivity index (χ1n) is 5.56. The maximum absolute atomic E-state index is 5.68. The molecule has 0 aliphatic rings. The molecule has 0 fully saturated rings. The Balaban J connectivity index is 2.01. The molecule has 0 radical (unpaired) electrons.